The fourth-order valence-corrected chi connectivity index (χ4v) is 5.95. The predicted molar refractivity (Wildman–Crippen MR) is 151 cm³/mol. The van der Waals surface area contributed by atoms with Gasteiger partial charge in [-0.3, -0.25) is 14.2 Å². The number of fused-ring (bicyclic) bond motifs is 1. The third-order valence-corrected chi connectivity index (χ3v) is 7.93. The molecule has 0 saturated carbocycles. The Morgan fingerprint density at radius 2 is 1.73 bits per heavy atom. The zero-order valence-electron chi connectivity index (χ0n) is 22.7. The van der Waals surface area contributed by atoms with E-state index < -0.39 is 12.0 Å². The van der Waals surface area contributed by atoms with Gasteiger partial charge in [0.05, 0.1) is 35.6 Å². The average molecular weight is 562 g/mol. The van der Waals surface area contributed by atoms with Gasteiger partial charge in [-0.2, -0.15) is 0 Å². The highest BCUT2D eigenvalue weighted by Crippen LogP contribution is 2.31. The fourth-order valence-electron chi connectivity index (χ4n) is 4.91. The second-order valence-corrected chi connectivity index (χ2v) is 10.5. The van der Waals surface area contributed by atoms with E-state index in [1.807, 2.05) is 29.2 Å². The molecular formula is C30H31N3O6S. The molecule has 1 atom stereocenters. The second-order valence-electron chi connectivity index (χ2n) is 9.52. The molecular weight excluding hydrogens is 530 g/mol. The number of ether oxygens (including phenoxy) is 3. The van der Waals surface area contributed by atoms with Crippen LogP contribution in [-0.2, 0) is 14.3 Å². The van der Waals surface area contributed by atoms with Crippen LogP contribution in [0.5, 0.6) is 11.5 Å². The third kappa shape index (κ3) is 5.58. The number of carbonyl (C=O) groups is 2. The number of likely N-dealkylation sites (tertiary alicyclic amines) is 1. The van der Waals surface area contributed by atoms with Crippen LogP contribution < -0.4 is 24.4 Å². The Morgan fingerprint density at radius 1 is 1.05 bits per heavy atom. The minimum absolute atomic E-state index is 0.00541. The van der Waals surface area contributed by atoms with Gasteiger partial charge < -0.3 is 19.1 Å². The molecule has 1 fully saturated rings. The fraction of sp³-hybridized carbons (Fsp3) is 0.333. The van der Waals surface area contributed by atoms with Gasteiger partial charge in [0.2, 0.25) is 0 Å². The maximum atomic E-state index is 13.7. The number of amides is 1. The van der Waals surface area contributed by atoms with Crippen LogP contribution in [0.4, 0.5) is 0 Å². The van der Waals surface area contributed by atoms with E-state index in [0.717, 1.165) is 37.1 Å². The van der Waals surface area contributed by atoms with Crippen LogP contribution in [0.15, 0.2) is 69.6 Å². The van der Waals surface area contributed by atoms with Gasteiger partial charge in [0, 0.05) is 13.1 Å². The summed E-state index contributed by atoms with van der Waals surface area (Å²) in [5.41, 5.74) is 2.13. The summed E-state index contributed by atoms with van der Waals surface area (Å²) in [6.07, 6.45) is 3.87. The molecule has 3 aromatic rings. The van der Waals surface area contributed by atoms with Crippen LogP contribution in [0.1, 0.15) is 43.9 Å². The second kappa shape index (κ2) is 11.9. The molecule has 208 valence electrons. The molecule has 2 aliphatic rings. The Hall–Kier alpha value is -4.18. The lowest BCUT2D eigenvalue weighted by Crippen LogP contribution is -2.39. The molecule has 1 saturated heterocycles. The maximum Gasteiger partial charge on any atom is 0.338 e. The Morgan fingerprint density at radius 3 is 2.38 bits per heavy atom. The summed E-state index contributed by atoms with van der Waals surface area (Å²) in [7, 11) is 1.58. The van der Waals surface area contributed by atoms with Gasteiger partial charge in [0.25, 0.3) is 11.5 Å². The van der Waals surface area contributed by atoms with Crippen LogP contribution in [0, 0.1) is 0 Å². The summed E-state index contributed by atoms with van der Waals surface area (Å²) in [5, 5.41) is 0. The first kappa shape index (κ1) is 27.4. The van der Waals surface area contributed by atoms with Crippen molar-refractivity contribution >= 4 is 29.3 Å². The number of nitrogens with zero attached hydrogens (tertiary/aromatic N) is 3. The molecule has 5 rings (SSSR count). The Kier molecular flexibility index (Phi) is 8.16. The number of hydrogen-bond acceptors (Lipinski definition) is 8. The molecule has 3 heterocycles. The molecule has 2 aliphatic heterocycles. The smallest absolute Gasteiger partial charge is 0.338 e. The van der Waals surface area contributed by atoms with E-state index in [1.165, 1.54) is 11.3 Å². The number of thiazole rings is 1. The van der Waals surface area contributed by atoms with Crippen LogP contribution in [0.2, 0.25) is 0 Å². The van der Waals surface area contributed by atoms with E-state index in [9.17, 15) is 14.4 Å². The number of carbonyl (C=O) groups excluding carboxylic acids is 2. The summed E-state index contributed by atoms with van der Waals surface area (Å²) in [4.78, 5) is 46.0. The van der Waals surface area contributed by atoms with E-state index >= 15 is 0 Å². The van der Waals surface area contributed by atoms with Gasteiger partial charge in [0.1, 0.15) is 11.5 Å². The molecule has 1 aromatic heterocycles. The average Bonchev–Trinajstić information content (AvgIpc) is 3.61. The normalized spacial score (nSPS) is 16.9. The third-order valence-electron chi connectivity index (χ3n) is 6.95. The summed E-state index contributed by atoms with van der Waals surface area (Å²) >= 11 is 1.26. The maximum absolute atomic E-state index is 13.7. The van der Waals surface area contributed by atoms with E-state index in [0.29, 0.717) is 32.1 Å². The number of hydrogen-bond donors (Lipinski definition) is 0. The van der Waals surface area contributed by atoms with Gasteiger partial charge in [-0.15, -0.1) is 0 Å². The molecule has 0 N–H and O–H groups in total. The first-order valence-corrected chi connectivity index (χ1v) is 14.1. The summed E-state index contributed by atoms with van der Waals surface area (Å²) in [6, 6.07) is 13.8. The highest BCUT2D eigenvalue weighted by atomic mass is 32.1. The molecule has 2 aromatic carbocycles. The predicted octanol–water partition coefficient (Wildman–Crippen LogP) is 2.81. The van der Waals surface area contributed by atoms with Crippen molar-refractivity contribution in [1.29, 1.82) is 0 Å². The lowest BCUT2D eigenvalue weighted by molar-refractivity contribution is -0.139. The van der Waals surface area contributed by atoms with Crippen LogP contribution in [-0.4, -0.2) is 54.8 Å². The monoisotopic (exact) mass is 561 g/mol. The van der Waals surface area contributed by atoms with Crippen molar-refractivity contribution in [3.05, 3.63) is 90.6 Å². The quantitative estimate of drug-likeness (QED) is 0.392. The standard InChI is InChI=1S/C30H31N3O6S/c1-4-38-29(36)26-19(2)31-30-33(27(26)21-9-13-22(37-3)14-10-21)28(35)24(40-30)17-20-7-11-23(12-8-20)39-18-25(34)32-15-5-6-16-32/h7-14,17,27H,4-6,15-16,18H2,1-3H3/b24-17+/t27-/m1/s1. The van der Waals surface area contributed by atoms with Crippen LogP contribution in [0.25, 0.3) is 6.08 Å². The zero-order chi connectivity index (χ0) is 28.2. The molecule has 1 amide bonds. The van der Waals surface area contributed by atoms with Crippen molar-refractivity contribution in [2.24, 2.45) is 4.99 Å². The molecule has 0 unspecified atom stereocenters. The summed E-state index contributed by atoms with van der Waals surface area (Å²) in [5.74, 6) is 0.743. The zero-order valence-corrected chi connectivity index (χ0v) is 23.5. The van der Waals surface area contributed by atoms with Crippen molar-refractivity contribution in [3.63, 3.8) is 0 Å². The molecule has 40 heavy (non-hydrogen) atoms. The molecule has 9 nitrogen and oxygen atoms in total. The van der Waals surface area contributed by atoms with Gasteiger partial charge in [-0.25, -0.2) is 9.79 Å². The number of methoxy groups -OCH3 is 1. The van der Waals surface area contributed by atoms with Crippen molar-refractivity contribution in [2.45, 2.75) is 32.7 Å². The van der Waals surface area contributed by atoms with E-state index in [-0.39, 0.29) is 24.7 Å². The van der Waals surface area contributed by atoms with Crippen molar-refractivity contribution in [1.82, 2.24) is 9.47 Å². The minimum Gasteiger partial charge on any atom is -0.497 e. The number of allylic oxidation sites excluding steroid dienone is 1. The minimum atomic E-state index is -0.688. The first-order chi connectivity index (χ1) is 19.4. The lowest BCUT2D eigenvalue weighted by Gasteiger charge is -2.24. The highest BCUT2D eigenvalue weighted by molar-refractivity contribution is 7.07. The van der Waals surface area contributed by atoms with Crippen molar-refractivity contribution < 1.29 is 23.8 Å². The molecule has 10 heteroatoms. The van der Waals surface area contributed by atoms with E-state index in [2.05, 4.69) is 4.99 Å². The molecule has 0 aliphatic carbocycles. The van der Waals surface area contributed by atoms with Gasteiger partial charge in [-0.1, -0.05) is 35.6 Å². The highest BCUT2D eigenvalue weighted by Gasteiger charge is 2.33. The summed E-state index contributed by atoms with van der Waals surface area (Å²) in [6.45, 7) is 5.30. The van der Waals surface area contributed by atoms with E-state index in [1.54, 1.807) is 55.9 Å². The van der Waals surface area contributed by atoms with Gasteiger partial charge in [0.15, 0.2) is 11.4 Å². The van der Waals surface area contributed by atoms with Crippen LogP contribution >= 0.6 is 11.3 Å². The van der Waals surface area contributed by atoms with E-state index in [4.69, 9.17) is 14.2 Å². The van der Waals surface area contributed by atoms with Crippen molar-refractivity contribution in [2.75, 3.05) is 33.4 Å². The Labute approximate surface area is 235 Å². The van der Waals surface area contributed by atoms with Crippen LogP contribution in [0.3, 0.4) is 0 Å². The Balaban J connectivity index is 1.46. The lowest BCUT2D eigenvalue weighted by atomic mass is 9.96. The molecule has 0 bridgehead atoms. The van der Waals surface area contributed by atoms with Gasteiger partial charge >= 0.3 is 5.97 Å². The number of aromatic nitrogens is 1. The summed E-state index contributed by atoms with van der Waals surface area (Å²) < 4.78 is 18.3. The number of rotatable bonds is 8. The SMILES string of the molecule is CCOC(=O)C1=C(C)N=c2s/c(=C/c3ccc(OCC(=O)N4CCCC4)cc3)c(=O)n2[C@@H]1c1ccc(OC)cc1. The van der Waals surface area contributed by atoms with Crippen molar-refractivity contribution in [3.8, 4) is 11.5 Å². The number of benzene rings is 2. The largest absolute Gasteiger partial charge is 0.497 e. The topological polar surface area (TPSA) is 99.4 Å². The first-order valence-electron chi connectivity index (χ1n) is 13.2. The molecule has 0 radical (unpaired) electrons. The van der Waals surface area contributed by atoms with Gasteiger partial charge in [-0.05, 0) is 68.2 Å². The molecule has 0 spiro atoms. The Bertz CT molecular complexity index is 1610. The number of esters is 1.